The molecule has 0 aromatic carbocycles. The molecule has 0 aliphatic heterocycles. The molecule has 1 N–H and O–H groups in total. The molecule has 0 spiro atoms. The van der Waals surface area contributed by atoms with Gasteiger partial charge in [0, 0.05) is 13.5 Å². The fraction of sp³-hybridized carbons (Fsp3) is 0.909. The molecule has 1 unspecified atom stereocenters. The van der Waals surface area contributed by atoms with Gasteiger partial charge >= 0.3 is 0 Å². The maximum Gasteiger partial charge on any atom is 0.220 e. The van der Waals surface area contributed by atoms with Gasteiger partial charge in [-0.15, -0.1) is 0 Å². The lowest BCUT2D eigenvalue weighted by molar-refractivity contribution is -0.121. The first-order valence-corrected chi connectivity index (χ1v) is 5.45. The minimum absolute atomic E-state index is 0.189. The lowest BCUT2D eigenvalue weighted by Gasteiger charge is -2.14. The lowest BCUT2D eigenvalue weighted by atomic mass is 9.93. The molecule has 1 amide bonds. The molecule has 78 valence electrons. The van der Waals surface area contributed by atoms with E-state index in [-0.39, 0.29) is 5.91 Å². The normalized spacial score (nSPS) is 12.5. The van der Waals surface area contributed by atoms with Gasteiger partial charge in [-0.3, -0.25) is 4.79 Å². The molecule has 1 atom stereocenters. The molecule has 0 aromatic heterocycles. The van der Waals surface area contributed by atoms with E-state index in [1.165, 1.54) is 32.1 Å². The van der Waals surface area contributed by atoms with E-state index in [1.54, 1.807) is 7.05 Å². The van der Waals surface area contributed by atoms with Crippen LogP contribution in [0.2, 0.25) is 0 Å². The van der Waals surface area contributed by atoms with Crippen molar-refractivity contribution in [2.24, 2.45) is 5.92 Å². The van der Waals surface area contributed by atoms with Gasteiger partial charge in [0.05, 0.1) is 0 Å². The molecule has 0 heterocycles. The van der Waals surface area contributed by atoms with Gasteiger partial charge in [-0.25, -0.2) is 0 Å². The molecule has 13 heavy (non-hydrogen) atoms. The largest absolute Gasteiger partial charge is 0.359 e. The molecule has 0 bridgehead atoms. The van der Waals surface area contributed by atoms with E-state index in [9.17, 15) is 4.79 Å². The van der Waals surface area contributed by atoms with Gasteiger partial charge in [0.15, 0.2) is 0 Å². The van der Waals surface area contributed by atoms with Gasteiger partial charge in [-0.1, -0.05) is 39.5 Å². The Hall–Kier alpha value is -0.530. The highest BCUT2D eigenvalue weighted by Crippen LogP contribution is 2.18. The second kappa shape index (κ2) is 8.09. The Labute approximate surface area is 82.1 Å². The van der Waals surface area contributed by atoms with E-state index < -0.39 is 0 Å². The number of nitrogens with one attached hydrogen (secondary N) is 1. The summed E-state index contributed by atoms with van der Waals surface area (Å²) in [6.07, 6.45) is 6.77. The van der Waals surface area contributed by atoms with Crippen LogP contribution >= 0.6 is 0 Å². The quantitative estimate of drug-likeness (QED) is 0.649. The second-order valence-electron chi connectivity index (χ2n) is 3.67. The van der Waals surface area contributed by atoms with E-state index in [0.717, 1.165) is 0 Å². The first-order chi connectivity index (χ1) is 6.24. The van der Waals surface area contributed by atoms with Crippen LogP contribution < -0.4 is 5.32 Å². The van der Waals surface area contributed by atoms with Crippen LogP contribution in [0.5, 0.6) is 0 Å². The van der Waals surface area contributed by atoms with Gasteiger partial charge in [0.2, 0.25) is 5.91 Å². The minimum atomic E-state index is 0.189. The van der Waals surface area contributed by atoms with Crippen LogP contribution in [0, 0.1) is 5.92 Å². The molecule has 0 aromatic rings. The van der Waals surface area contributed by atoms with Crippen LogP contribution in [0.3, 0.4) is 0 Å². The van der Waals surface area contributed by atoms with Crippen molar-refractivity contribution < 1.29 is 4.79 Å². The maximum absolute atomic E-state index is 11.1. The Bertz CT molecular complexity index is 134. The monoisotopic (exact) mass is 185 g/mol. The standard InChI is InChI=1S/C11H23NO/c1-4-6-8-10(7-5-2)9-11(13)12-3/h10H,4-9H2,1-3H3,(H,12,13). The predicted molar refractivity (Wildman–Crippen MR) is 56.6 cm³/mol. The second-order valence-corrected chi connectivity index (χ2v) is 3.67. The van der Waals surface area contributed by atoms with Crippen LogP contribution in [0.25, 0.3) is 0 Å². The van der Waals surface area contributed by atoms with Crippen molar-refractivity contribution in [3.63, 3.8) is 0 Å². The topological polar surface area (TPSA) is 29.1 Å². The van der Waals surface area contributed by atoms with Crippen LogP contribution in [0.4, 0.5) is 0 Å². The summed E-state index contributed by atoms with van der Waals surface area (Å²) in [7, 11) is 1.71. The first kappa shape index (κ1) is 12.5. The number of hydrogen-bond acceptors (Lipinski definition) is 1. The zero-order chi connectivity index (χ0) is 10.1. The van der Waals surface area contributed by atoms with Crippen molar-refractivity contribution in [2.45, 2.75) is 52.4 Å². The Balaban J connectivity index is 3.71. The summed E-state index contributed by atoms with van der Waals surface area (Å²) in [6.45, 7) is 4.38. The van der Waals surface area contributed by atoms with Crippen molar-refractivity contribution in [1.82, 2.24) is 5.32 Å². The third kappa shape index (κ3) is 6.62. The Kier molecular flexibility index (Phi) is 7.76. The van der Waals surface area contributed by atoms with Crippen molar-refractivity contribution in [1.29, 1.82) is 0 Å². The predicted octanol–water partition coefficient (Wildman–Crippen LogP) is 2.73. The fourth-order valence-corrected chi connectivity index (χ4v) is 1.61. The van der Waals surface area contributed by atoms with Crippen molar-refractivity contribution in [3.8, 4) is 0 Å². The van der Waals surface area contributed by atoms with Crippen LogP contribution in [0.1, 0.15) is 52.4 Å². The van der Waals surface area contributed by atoms with Gasteiger partial charge in [0.25, 0.3) is 0 Å². The third-order valence-corrected chi connectivity index (χ3v) is 2.42. The molecule has 2 heteroatoms. The number of amides is 1. The smallest absolute Gasteiger partial charge is 0.220 e. The highest BCUT2D eigenvalue weighted by atomic mass is 16.1. The molecule has 0 saturated heterocycles. The molecule has 0 aliphatic carbocycles. The summed E-state index contributed by atoms with van der Waals surface area (Å²) in [5, 5.41) is 2.69. The number of unbranched alkanes of at least 4 members (excludes halogenated alkanes) is 1. The summed E-state index contributed by atoms with van der Waals surface area (Å²) < 4.78 is 0. The number of carbonyl (C=O) groups excluding carboxylic acids is 1. The maximum atomic E-state index is 11.1. The highest BCUT2D eigenvalue weighted by Gasteiger charge is 2.11. The van der Waals surface area contributed by atoms with E-state index in [0.29, 0.717) is 12.3 Å². The molecular formula is C11H23NO. The number of rotatable bonds is 7. The van der Waals surface area contributed by atoms with E-state index in [1.807, 2.05) is 0 Å². The van der Waals surface area contributed by atoms with Crippen molar-refractivity contribution in [3.05, 3.63) is 0 Å². The van der Waals surface area contributed by atoms with E-state index in [4.69, 9.17) is 0 Å². The Morgan fingerprint density at radius 2 is 1.92 bits per heavy atom. The number of hydrogen-bond donors (Lipinski definition) is 1. The van der Waals surface area contributed by atoms with Crippen LogP contribution in [-0.2, 0) is 4.79 Å². The zero-order valence-electron chi connectivity index (χ0n) is 9.23. The van der Waals surface area contributed by atoms with Gasteiger partial charge in [-0.05, 0) is 12.3 Å². The van der Waals surface area contributed by atoms with Gasteiger partial charge in [-0.2, -0.15) is 0 Å². The summed E-state index contributed by atoms with van der Waals surface area (Å²) in [5.41, 5.74) is 0. The Morgan fingerprint density at radius 1 is 1.23 bits per heavy atom. The molecule has 0 rings (SSSR count). The zero-order valence-corrected chi connectivity index (χ0v) is 9.23. The van der Waals surface area contributed by atoms with E-state index in [2.05, 4.69) is 19.2 Å². The number of carbonyl (C=O) groups is 1. The molecule has 0 radical (unpaired) electrons. The summed E-state index contributed by atoms with van der Waals surface area (Å²) in [5.74, 6) is 0.791. The molecule has 0 fully saturated rings. The van der Waals surface area contributed by atoms with Crippen molar-refractivity contribution >= 4 is 5.91 Å². The molecule has 0 saturated carbocycles. The van der Waals surface area contributed by atoms with E-state index >= 15 is 0 Å². The summed E-state index contributed by atoms with van der Waals surface area (Å²) in [6, 6.07) is 0. The highest BCUT2D eigenvalue weighted by molar-refractivity contribution is 5.75. The summed E-state index contributed by atoms with van der Waals surface area (Å²) >= 11 is 0. The van der Waals surface area contributed by atoms with Crippen molar-refractivity contribution in [2.75, 3.05) is 7.05 Å². The molecule has 2 nitrogen and oxygen atoms in total. The lowest BCUT2D eigenvalue weighted by Crippen LogP contribution is -2.21. The van der Waals surface area contributed by atoms with Crippen LogP contribution in [-0.4, -0.2) is 13.0 Å². The van der Waals surface area contributed by atoms with Crippen LogP contribution in [0.15, 0.2) is 0 Å². The average molecular weight is 185 g/mol. The SMILES string of the molecule is CCCCC(CCC)CC(=O)NC. The average Bonchev–Trinajstić information content (AvgIpc) is 2.14. The molecule has 0 aliphatic rings. The summed E-state index contributed by atoms with van der Waals surface area (Å²) in [4.78, 5) is 11.1. The first-order valence-electron chi connectivity index (χ1n) is 5.45. The van der Waals surface area contributed by atoms with Gasteiger partial charge < -0.3 is 5.32 Å². The third-order valence-electron chi connectivity index (χ3n) is 2.42. The fourth-order valence-electron chi connectivity index (χ4n) is 1.61. The Morgan fingerprint density at radius 3 is 2.38 bits per heavy atom. The molecular weight excluding hydrogens is 162 g/mol. The van der Waals surface area contributed by atoms with Gasteiger partial charge in [0.1, 0.15) is 0 Å². The minimum Gasteiger partial charge on any atom is -0.359 e.